The van der Waals surface area contributed by atoms with E-state index in [4.69, 9.17) is 0 Å². The Balaban J connectivity index is 2.81. The van der Waals surface area contributed by atoms with Gasteiger partial charge in [0, 0.05) is 14.0 Å². The van der Waals surface area contributed by atoms with E-state index >= 15 is 0 Å². The smallest absolute Gasteiger partial charge is 0.278 e. The van der Waals surface area contributed by atoms with Crippen molar-refractivity contribution in [3.63, 3.8) is 0 Å². The van der Waals surface area contributed by atoms with Gasteiger partial charge in [0.1, 0.15) is 0 Å². The third-order valence-corrected chi connectivity index (χ3v) is 4.68. The zero-order valence-electron chi connectivity index (χ0n) is 12.6. The fourth-order valence-corrected chi connectivity index (χ4v) is 3.33. The normalized spacial score (nSPS) is 12.4. The molecule has 1 aromatic carbocycles. The van der Waals surface area contributed by atoms with Gasteiger partial charge >= 0.3 is 5.69 Å². The van der Waals surface area contributed by atoms with Gasteiger partial charge in [-0.15, -0.1) is 0 Å². The van der Waals surface area contributed by atoms with E-state index in [0.717, 1.165) is 14.0 Å². The number of halogens is 1. The van der Waals surface area contributed by atoms with Crippen molar-refractivity contribution in [3.05, 3.63) is 57.8 Å². The van der Waals surface area contributed by atoms with Crippen LogP contribution in [0.4, 0.5) is 4.39 Å². The largest absolute Gasteiger partial charge is 0.343 e. The van der Waals surface area contributed by atoms with Crippen molar-refractivity contribution in [2.24, 2.45) is 12.0 Å². The Labute approximate surface area is 131 Å². The average molecular weight is 339 g/mol. The van der Waals surface area contributed by atoms with Crippen molar-refractivity contribution in [2.45, 2.75) is 18.7 Å². The molecule has 0 N–H and O–H groups in total. The van der Waals surface area contributed by atoms with Gasteiger partial charge in [0.05, 0.1) is 11.1 Å². The molecule has 0 atom stereocenters. The molecule has 0 bridgehead atoms. The van der Waals surface area contributed by atoms with Crippen molar-refractivity contribution in [1.82, 2.24) is 8.54 Å². The minimum Gasteiger partial charge on any atom is -0.278 e. The summed E-state index contributed by atoms with van der Waals surface area (Å²) in [5.41, 5.74) is -0.890. The minimum absolute atomic E-state index is 0.143. The van der Waals surface area contributed by atoms with Crippen LogP contribution in [0.25, 0.3) is 0 Å². The monoisotopic (exact) mass is 339 g/mol. The fourth-order valence-electron chi connectivity index (χ4n) is 1.95. The summed E-state index contributed by atoms with van der Waals surface area (Å²) in [6.07, 6.45) is 0.516. The van der Waals surface area contributed by atoms with E-state index in [9.17, 15) is 22.4 Å². The molecular formula is C14H14FN3O4S. The molecule has 1 aromatic heterocycles. The molecule has 23 heavy (non-hydrogen) atoms. The number of hydrogen-bond donors (Lipinski definition) is 0. The number of aryl methyl sites for hydroxylation is 1. The van der Waals surface area contributed by atoms with Gasteiger partial charge < -0.3 is 0 Å². The van der Waals surface area contributed by atoms with Crippen LogP contribution in [0.5, 0.6) is 0 Å². The molecule has 0 aliphatic rings. The van der Waals surface area contributed by atoms with E-state index in [2.05, 4.69) is 4.99 Å². The van der Waals surface area contributed by atoms with E-state index in [1.54, 1.807) is 13.0 Å². The van der Waals surface area contributed by atoms with Crippen LogP contribution in [0.3, 0.4) is 0 Å². The summed E-state index contributed by atoms with van der Waals surface area (Å²) in [6.45, 7) is 2.78. The highest BCUT2D eigenvalue weighted by molar-refractivity contribution is 7.90. The zero-order chi connectivity index (χ0) is 17.4. The van der Waals surface area contributed by atoms with Gasteiger partial charge in [0.15, 0.2) is 11.3 Å². The Morgan fingerprint density at radius 3 is 2.52 bits per heavy atom. The quantitative estimate of drug-likeness (QED) is 0.788. The van der Waals surface area contributed by atoms with Crippen molar-refractivity contribution in [1.29, 1.82) is 0 Å². The Hall–Kier alpha value is -2.55. The lowest BCUT2D eigenvalue weighted by Gasteiger charge is -2.10. The van der Waals surface area contributed by atoms with E-state index in [-0.39, 0.29) is 8.87 Å². The molecule has 0 aliphatic heterocycles. The molecule has 0 radical (unpaired) electrons. The van der Waals surface area contributed by atoms with Crippen LogP contribution in [-0.2, 0) is 21.9 Å². The first-order valence-corrected chi connectivity index (χ1v) is 7.94. The van der Waals surface area contributed by atoms with E-state index in [1.165, 1.54) is 18.2 Å². The van der Waals surface area contributed by atoms with Crippen molar-refractivity contribution in [3.8, 4) is 0 Å². The maximum absolute atomic E-state index is 14.1. The average Bonchev–Trinajstić information content (AvgIpc) is 2.47. The third kappa shape index (κ3) is 3.14. The number of benzene rings is 1. The Morgan fingerprint density at radius 2 is 1.96 bits per heavy atom. The van der Waals surface area contributed by atoms with Crippen molar-refractivity contribution in [2.75, 3.05) is 0 Å². The molecule has 1 amide bonds. The second-order valence-electron chi connectivity index (χ2n) is 4.89. The molecule has 9 heteroatoms. The number of hydrogen-bond acceptors (Lipinski definition) is 4. The summed E-state index contributed by atoms with van der Waals surface area (Å²) in [6, 6.07) is 5.88. The number of nitrogens with zero attached hydrogens (tertiary/aromatic N) is 3. The van der Waals surface area contributed by atoms with Crippen LogP contribution in [0.2, 0.25) is 0 Å². The van der Waals surface area contributed by atoms with Gasteiger partial charge in [-0.25, -0.2) is 17.6 Å². The minimum atomic E-state index is -4.27. The zero-order valence-corrected chi connectivity index (χ0v) is 13.5. The van der Waals surface area contributed by atoms with E-state index < -0.39 is 32.9 Å². The van der Waals surface area contributed by atoms with Crippen LogP contribution in [0.15, 0.2) is 45.1 Å². The van der Waals surface area contributed by atoms with E-state index in [0.29, 0.717) is 16.3 Å². The SMILES string of the molecule is CC(=O)N=c1c(F)cn(S(=O)(=O)c2cccc(C)c2)c(=O)n1C. The second-order valence-corrected chi connectivity index (χ2v) is 6.71. The topological polar surface area (TPSA) is 90.5 Å². The molecule has 7 nitrogen and oxygen atoms in total. The highest BCUT2D eigenvalue weighted by Crippen LogP contribution is 2.13. The van der Waals surface area contributed by atoms with Gasteiger partial charge in [0.25, 0.3) is 10.0 Å². The first-order valence-electron chi connectivity index (χ1n) is 6.50. The third-order valence-electron chi connectivity index (χ3n) is 3.05. The van der Waals surface area contributed by atoms with E-state index in [1.807, 2.05) is 0 Å². The molecular weight excluding hydrogens is 325 g/mol. The summed E-state index contributed by atoms with van der Waals surface area (Å²) in [5.74, 6) is -1.81. The van der Waals surface area contributed by atoms with Gasteiger partial charge in [-0.3, -0.25) is 9.36 Å². The highest BCUT2D eigenvalue weighted by Gasteiger charge is 2.21. The molecule has 1 heterocycles. The summed E-state index contributed by atoms with van der Waals surface area (Å²) in [4.78, 5) is 26.5. The molecule has 0 unspecified atom stereocenters. The molecule has 2 aromatic rings. The number of aromatic nitrogens is 2. The van der Waals surface area contributed by atoms with Gasteiger partial charge in [-0.05, 0) is 24.6 Å². The highest BCUT2D eigenvalue weighted by atomic mass is 32.2. The number of rotatable bonds is 2. The maximum atomic E-state index is 14.1. The molecule has 122 valence electrons. The Morgan fingerprint density at radius 1 is 1.30 bits per heavy atom. The van der Waals surface area contributed by atoms with Crippen LogP contribution < -0.4 is 11.2 Å². The van der Waals surface area contributed by atoms with Gasteiger partial charge in [-0.1, -0.05) is 12.1 Å². The predicted molar refractivity (Wildman–Crippen MR) is 79.6 cm³/mol. The predicted octanol–water partition coefficient (Wildman–Crippen LogP) is 0.319. The summed E-state index contributed by atoms with van der Waals surface area (Å²) >= 11 is 0. The lowest BCUT2D eigenvalue weighted by atomic mass is 10.2. The first-order chi connectivity index (χ1) is 10.6. The van der Waals surface area contributed by atoms with Crippen LogP contribution in [0.1, 0.15) is 12.5 Å². The Kier molecular flexibility index (Phi) is 4.33. The molecule has 0 fully saturated rings. The maximum Gasteiger partial charge on any atom is 0.343 e. The van der Waals surface area contributed by atoms with Crippen LogP contribution in [0, 0.1) is 12.7 Å². The summed E-state index contributed by atoms with van der Waals surface area (Å²) in [7, 11) is -3.13. The molecule has 0 saturated carbocycles. The number of carbonyl (C=O) groups is 1. The van der Waals surface area contributed by atoms with Gasteiger partial charge in [-0.2, -0.15) is 8.96 Å². The van der Waals surface area contributed by atoms with Crippen LogP contribution in [-0.4, -0.2) is 22.9 Å². The summed E-state index contributed by atoms with van der Waals surface area (Å²) < 4.78 is 40.1. The molecule has 0 saturated heterocycles. The van der Waals surface area contributed by atoms with Gasteiger partial charge in [0.2, 0.25) is 5.91 Å². The Bertz CT molecular complexity index is 1020. The number of carbonyl (C=O) groups excluding carboxylic acids is 1. The first kappa shape index (κ1) is 16.8. The standard InChI is InChI=1S/C14H14FN3O4S/c1-9-5-4-6-11(7-9)23(21,22)18-8-12(15)13(16-10(2)19)17(3)14(18)20/h4-8H,1-3H3. The van der Waals surface area contributed by atoms with Crippen LogP contribution >= 0.6 is 0 Å². The molecule has 0 spiro atoms. The molecule has 0 aliphatic carbocycles. The number of amides is 1. The second kappa shape index (κ2) is 5.92. The summed E-state index contributed by atoms with van der Waals surface area (Å²) in [5, 5.41) is 0. The lowest BCUT2D eigenvalue weighted by Crippen LogP contribution is -2.42. The van der Waals surface area contributed by atoms with Crippen molar-refractivity contribution < 1.29 is 17.6 Å². The van der Waals surface area contributed by atoms with Crippen molar-refractivity contribution >= 4 is 15.9 Å². The lowest BCUT2D eigenvalue weighted by molar-refractivity contribution is -0.116. The molecule has 2 rings (SSSR count). The fraction of sp³-hybridized carbons (Fsp3) is 0.214.